The summed E-state index contributed by atoms with van der Waals surface area (Å²) in [6.07, 6.45) is 9.98. The van der Waals surface area contributed by atoms with E-state index in [1.165, 1.54) is 42.4 Å². The summed E-state index contributed by atoms with van der Waals surface area (Å²) in [6.45, 7) is 11.2. The fraction of sp³-hybridized carbons (Fsp3) is 0.625. The highest BCUT2D eigenvalue weighted by atomic mass is 16.1. The highest BCUT2D eigenvalue weighted by Crippen LogP contribution is 2.34. The van der Waals surface area contributed by atoms with Crippen LogP contribution in [0.5, 0.6) is 0 Å². The Hall–Kier alpha value is -1.57. The van der Waals surface area contributed by atoms with E-state index in [0.717, 1.165) is 25.0 Å². The van der Waals surface area contributed by atoms with Gasteiger partial charge in [0, 0.05) is 28.8 Å². The number of hydrogen-bond donors (Lipinski definition) is 1. The Kier molecular flexibility index (Phi) is 5.33. The van der Waals surface area contributed by atoms with Crippen LogP contribution in [0.25, 0.3) is 5.70 Å². The van der Waals surface area contributed by atoms with Crippen molar-refractivity contribution in [3.05, 3.63) is 41.0 Å². The van der Waals surface area contributed by atoms with Gasteiger partial charge in [0.25, 0.3) is 0 Å². The van der Waals surface area contributed by atoms with Crippen molar-refractivity contribution in [2.24, 2.45) is 5.92 Å². The predicted molar refractivity (Wildman–Crippen MR) is 110 cm³/mol. The number of hydrogen-bond acceptors (Lipinski definition) is 2. The molecule has 0 amide bonds. The summed E-state index contributed by atoms with van der Waals surface area (Å²) in [7, 11) is 0. The van der Waals surface area contributed by atoms with Crippen LogP contribution >= 0.6 is 0 Å². The zero-order valence-electron chi connectivity index (χ0n) is 17.2. The molecule has 0 aromatic heterocycles. The van der Waals surface area contributed by atoms with Gasteiger partial charge < -0.3 is 5.32 Å². The first kappa shape index (κ1) is 19.2. The standard InChI is InChI=1S/C24H35NO/c1-23(2,3)19-13-12-18-16-24(4,5)25-21(20(18)14-19)15-22(26)17-10-8-6-7-9-11-17/h12-15,17,25H,6-11,16H2,1-5H3. The second kappa shape index (κ2) is 7.21. The molecule has 0 radical (unpaired) electrons. The number of benzene rings is 1. The Morgan fingerprint density at radius 2 is 1.77 bits per heavy atom. The summed E-state index contributed by atoms with van der Waals surface area (Å²) in [5.41, 5.74) is 5.01. The minimum atomic E-state index is -0.0220. The highest BCUT2D eigenvalue weighted by Gasteiger charge is 2.30. The third kappa shape index (κ3) is 4.39. The smallest absolute Gasteiger partial charge is 0.160 e. The van der Waals surface area contributed by atoms with Crippen LogP contribution in [0.4, 0.5) is 0 Å². The van der Waals surface area contributed by atoms with Crippen molar-refractivity contribution in [2.75, 3.05) is 0 Å². The number of nitrogens with one attached hydrogen (secondary N) is 1. The molecule has 3 rings (SSSR count). The van der Waals surface area contributed by atoms with Gasteiger partial charge in [-0.15, -0.1) is 0 Å². The lowest BCUT2D eigenvalue weighted by Crippen LogP contribution is -2.44. The van der Waals surface area contributed by atoms with Crippen LogP contribution in [0.15, 0.2) is 24.3 Å². The van der Waals surface area contributed by atoms with Crippen LogP contribution in [0.1, 0.15) is 89.8 Å². The van der Waals surface area contributed by atoms with Crippen LogP contribution in [-0.4, -0.2) is 11.3 Å². The molecule has 2 nitrogen and oxygen atoms in total. The molecule has 0 atom stereocenters. The van der Waals surface area contributed by atoms with E-state index < -0.39 is 0 Å². The van der Waals surface area contributed by atoms with E-state index in [0.29, 0.717) is 5.78 Å². The third-order valence-corrected chi connectivity index (χ3v) is 5.92. The van der Waals surface area contributed by atoms with Crippen molar-refractivity contribution in [2.45, 2.75) is 90.5 Å². The summed E-state index contributed by atoms with van der Waals surface area (Å²) in [4.78, 5) is 13.0. The van der Waals surface area contributed by atoms with Crippen molar-refractivity contribution < 1.29 is 4.79 Å². The van der Waals surface area contributed by atoms with E-state index >= 15 is 0 Å². The number of carbonyl (C=O) groups excluding carboxylic acids is 1. The minimum Gasteiger partial charge on any atom is -0.379 e. The van der Waals surface area contributed by atoms with Crippen LogP contribution in [0.2, 0.25) is 0 Å². The molecule has 0 unspecified atom stereocenters. The molecule has 1 fully saturated rings. The average molecular weight is 354 g/mol. The quantitative estimate of drug-likeness (QED) is 0.538. The molecule has 26 heavy (non-hydrogen) atoms. The maximum Gasteiger partial charge on any atom is 0.160 e. The number of carbonyl (C=O) groups is 1. The van der Waals surface area contributed by atoms with Gasteiger partial charge in [-0.25, -0.2) is 0 Å². The molecule has 0 bridgehead atoms. The maximum absolute atomic E-state index is 13.0. The second-order valence-electron chi connectivity index (χ2n) is 9.96. The van der Waals surface area contributed by atoms with Crippen molar-refractivity contribution >= 4 is 11.5 Å². The van der Waals surface area contributed by atoms with Gasteiger partial charge in [0.1, 0.15) is 0 Å². The minimum absolute atomic E-state index is 0.0220. The molecule has 0 saturated heterocycles. The Morgan fingerprint density at radius 3 is 2.38 bits per heavy atom. The van der Waals surface area contributed by atoms with E-state index in [2.05, 4.69) is 58.1 Å². The topological polar surface area (TPSA) is 29.1 Å². The monoisotopic (exact) mass is 353 g/mol. The van der Waals surface area contributed by atoms with Gasteiger partial charge in [-0.1, -0.05) is 58.6 Å². The first-order valence-corrected chi connectivity index (χ1v) is 10.3. The van der Waals surface area contributed by atoms with Crippen LogP contribution < -0.4 is 5.32 Å². The lowest BCUT2D eigenvalue weighted by molar-refractivity contribution is -0.118. The van der Waals surface area contributed by atoms with Crippen LogP contribution in [0.3, 0.4) is 0 Å². The number of fused-ring (bicyclic) bond motifs is 1. The SMILES string of the molecule is CC1(C)Cc2ccc(C(C)(C)C)cc2C(=CC(=O)C2CCCCCC2)N1. The summed E-state index contributed by atoms with van der Waals surface area (Å²) in [6, 6.07) is 6.82. The molecular formula is C24H35NO. The first-order chi connectivity index (χ1) is 12.2. The first-order valence-electron chi connectivity index (χ1n) is 10.3. The van der Waals surface area contributed by atoms with Crippen LogP contribution in [0, 0.1) is 5.92 Å². The molecular weight excluding hydrogens is 318 g/mol. The summed E-state index contributed by atoms with van der Waals surface area (Å²) in [5.74, 6) is 0.533. The fourth-order valence-electron chi connectivity index (χ4n) is 4.34. The van der Waals surface area contributed by atoms with Gasteiger partial charge in [-0.05, 0) is 55.7 Å². The Labute approximate surface area is 159 Å². The largest absolute Gasteiger partial charge is 0.379 e. The third-order valence-electron chi connectivity index (χ3n) is 5.92. The van der Waals surface area contributed by atoms with Crippen LogP contribution in [-0.2, 0) is 16.6 Å². The van der Waals surface area contributed by atoms with E-state index in [1.807, 2.05) is 6.08 Å². The summed E-state index contributed by atoms with van der Waals surface area (Å²) in [5, 5.41) is 3.65. The molecule has 1 heterocycles. The van der Waals surface area contributed by atoms with E-state index in [9.17, 15) is 4.79 Å². The number of allylic oxidation sites excluding steroid dienone is 1. The van der Waals surface area contributed by atoms with Crippen molar-refractivity contribution in [3.63, 3.8) is 0 Å². The molecule has 2 aliphatic rings. The lowest BCUT2D eigenvalue weighted by Gasteiger charge is -2.36. The molecule has 1 aromatic rings. The Bertz CT molecular complexity index is 697. The van der Waals surface area contributed by atoms with Crippen molar-refractivity contribution in [1.29, 1.82) is 0 Å². The van der Waals surface area contributed by atoms with Crippen molar-refractivity contribution in [3.8, 4) is 0 Å². The zero-order valence-corrected chi connectivity index (χ0v) is 17.2. The Balaban J connectivity index is 1.97. The Morgan fingerprint density at radius 1 is 1.12 bits per heavy atom. The molecule has 142 valence electrons. The van der Waals surface area contributed by atoms with Gasteiger partial charge in [-0.2, -0.15) is 0 Å². The normalized spacial score (nSPS) is 22.4. The summed E-state index contributed by atoms with van der Waals surface area (Å²) >= 11 is 0. The maximum atomic E-state index is 13.0. The fourth-order valence-corrected chi connectivity index (χ4v) is 4.34. The van der Waals surface area contributed by atoms with E-state index in [1.54, 1.807) is 0 Å². The summed E-state index contributed by atoms with van der Waals surface area (Å²) < 4.78 is 0. The van der Waals surface area contributed by atoms with E-state index in [4.69, 9.17) is 0 Å². The molecule has 1 N–H and O–H groups in total. The second-order valence-corrected chi connectivity index (χ2v) is 9.96. The van der Waals surface area contributed by atoms with Gasteiger partial charge in [0.2, 0.25) is 0 Å². The van der Waals surface area contributed by atoms with Gasteiger partial charge >= 0.3 is 0 Å². The molecule has 0 spiro atoms. The zero-order chi connectivity index (χ0) is 18.9. The number of ketones is 1. The average Bonchev–Trinajstić information content (AvgIpc) is 2.81. The van der Waals surface area contributed by atoms with Crippen molar-refractivity contribution in [1.82, 2.24) is 5.32 Å². The van der Waals surface area contributed by atoms with E-state index in [-0.39, 0.29) is 16.9 Å². The molecule has 1 saturated carbocycles. The van der Waals surface area contributed by atoms with Gasteiger partial charge in [0.05, 0.1) is 0 Å². The molecule has 1 aliphatic carbocycles. The predicted octanol–water partition coefficient (Wildman–Crippen LogP) is 5.79. The lowest BCUT2D eigenvalue weighted by atomic mass is 9.80. The number of rotatable bonds is 2. The molecule has 1 aliphatic heterocycles. The molecule has 1 aromatic carbocycles. The molecule has 2 heteroatoms. The van der Waals surface area contributed by atoms with Gasteiger partial charge in [0.15, 0.2) is 5.78 Å². The highest BCUT2D eigenvalue weighted by molar-refractivity contribution is 5.98. The van der Waals surface area contributed by atoms with Gasteiger partial charge in [-0.3, -0.25) is 4.79 Å².